The van der Waals surface area contributed by atoms with Crippen molar-refractivity contribution in [2.24, 2.45) is 0 Å². The molecular formula is C8H5F5IN. The van der Waals surface area contributed by atoms with Crippen molar-refractivity contribution >= 4 is 22.6 Å². The summed E-state index contributed by atoms with van der Waals surface area (Å²) in [7, 11) is 0. The Hall–Kier alpha value is -0.470. The van der Waals surface area contributed by atoms with Crippen molar-refractivity contribution in [2.75, 3.05) is 0 Å². The SMILES string of the molecule is Cc1ncc(C(F)F)c(C(F)(F)F)c1I. The van der Waals surface area contributed by atoms with Crippen LogP contribution in [0, 0.1) is 10.5 Å². The summed E-state index contributed by atoms with van der Waals surface area (Å²) in [4.78, 5) is 3.49. The fourth-order valence-corrected chi connectivity index (χ4v) is 1.81. The maximum absolute atomic E-state index is 12.5. The minimum absolute atomic E-state index is 0.0901. The smallest absolute Gasteiger partial charge is 0.260 e. The Morgan fingerprint density at radius 3 is 2.27 bits per heavy atom. The van der Waals surface area contributed by atoms with E-state index in [0.29, 0.717) is 6.20 Å². The maximum Gasteiger partial charge on any atom is 0.418 e. The van der Waals surface area contributed by atoms with Crippen molar-refractivity contribution in [3.05, 3.63) is 26.6 Å². The Kier molecular flexibility index (Phi) is 3.51. The zero-order chi connectivity index (χ0) is 11.8. The molecule has 0 aliphatic rings. The molecule has 0 N–H and O–H groups in total. The van der Waals surface area contributed by atoms with Crippen molar-refractivity contribution in [3.8, 4) is 0 Å². The summed E-state index contributed by atoms with van der Waals surface area (Å²) < 4.78 is 61.8. The van der Waals surface area contributed by atoms with Gasteiger partial charge in [0.1, 0.15) is 0 Å². The highest BCUT2D eigenvalue weighted by atomic mass is 127. The predicted molar refractivity (Wildman–Crippen MR) is 51.7 cm³/mol. The molecule has 0 amide bonds. The predicted octanol–water partition coefficient (Wildman–Crippen LogP) is 3.95. The van der Waals surface area contributed by atoms with Gasteiger partial charge in [0, 0.05) is 15.3 Å². The second kappa shape index (κ2) is 4.18. The minimum atomic E-state index is -4.78. The van der Waals surface area contributed by atoms with Gasteiger partial charge in [-0.2, -0.15) is 13.2 Å². The van der Waals surface area contributed by atoms with E-state index in [2.05, 4.69) is 4.98 Å². The van der Waals surface area contributed by atoms with E-state index < -0.39 is 23.7 Å². The number of halogens is 6. The number of hydrogen-bond acceptors (Lipinski definition) is 1. The molecule has 1 heterocycles. The molecule has 1 nitrogen and oxygen atoms in total. The molecule has 0 aliphatic heterocycles. The highest BCUT2D eigenvalue weighted by Crippen LogP contribution is 2.39. The molecule has 1 rings (SSSR count). The molecule has 0 aromatic carbocycles. The third kappa shape index (κ3) is 2.56. The Bertz CT molecular complexity index is 374. The third-order valence-electron chi connectivity index (χ3n) is 1.74. The first-order valence-electron chi connectivity index (χ1n) is 3.75. The number of nitrogens with zero attached hydrogens (tertiary/aromatic N) is 1. The van der Waals surface area contributed by atoms with Gasteiger partial charge >= 0.3 is 6.18 Å². The highest BCUT2D eigenvalue weighted by molar-refractivity contribution is 14.1. The van der Waals surface area contributed by atoms with Crippen LogP contribution in [0.1, 0.15) is 23.2 Å². The molecule has 0 aliphatic carbocycles. The Labute approximate surface area is 95.8 Å². The molecule has 0 bridgehead atoms. The van der Waals surface area contributed by atoms with Crippen LogP contribution in [-0.4, -0.2) is 4.98 Å². The van der Waals surface area contributed by atoms with E-state index >= 15 is 0 Å². The molecule has 15 heavy (non-hydrogen) atoms. The molecular weight excluding hydrogens is 332 g/mol. The van der Waals surface area contributed by atoms with Gasteiger partial charge in [-0.15, -0.1) is 0 Å². The van der Waals surface area contributed by atoms with Gasteiger partial charge in [-0.3, -0.25) is 4.98 Å². The molecule has 0 radical (unpaired) electrons. The van der Waals surface area contributed by atoms with E-state index in [1.807, 2.05) is 0 Å². The highest BCUT2D eigenvalue weighted by Gasteiger charge is 2.38. The van der Waals surface area contributed by atoms with Gasteiger partial charge in [-0.1, -0.05) is 0 Å². The van der Waals surface area contributed by atoms with Gasteiger partial charge < -0.3 is 0 Å². The molecule has 0 fully saturated rings. The molecule has 84 valence electrons. The summed E-state index contributed by atoms with van der Waals surface area (Å²) in [6, 6.07) is 0. The minimum Gasteiger partial charge on any atom is -0.260 e. The average molecular weight is 337 g/mol. The zero-order valence-corrected chi connectivity index (χ0v) is 9.53. The molecule has 0 atom stereocenters. The molecule has 1 aromatic heterocycles. The Balaban J connectivity index is 3.49. The van der Waals surface area contributed by atoms with Crippen LogP contribution < -0.4 is 0 Å². The third-order valence-corrected chi connectivity index (χ3v) is 3.06. The van der Waals surface area contributed by atoms with Crippen LogP contribution in [-0.2, 0) is 6.18 Å². The fraction of sp³-hybridized carbons (Fsp3) is 0.375. The lowest BCUT2D eigenvalue weighted by Crippen LogP contribution is -2.14. The number of pyridine rings is 1. The van der Waals surface area contributed by atoms with Gasteiger partial charge in [0.2, 0.25) is 0 Å². The number of hydrogen-bond donors (Lipinski definition) is 0. The quantitative estimate of drug-likeness (QED) is 0.559. The van der Waals surface area contributed by atoms with Crippen LogP contribution in [0.5, 0.6) is 0 Å². The van der Waals surface area contributed by atoms with Gasteiger partial charge in [-0.25, -0.2) is 8.78 Å². The summed E-state index contributed by atoms with van der Waals surface area (Å²) in [5.41, 5.74) is -2.27. The van der Waals surface area contributed by atoms with Gasteiger partial charge in [-0.05, 0) is 29.5 Å². The lowest BCUT2D eigenvalue weighted by Gasteiger charge is -2.14. The van der Waals surface area contributed by atoms with Crippen LogP contribution in [0.15, 0.2) is 6.20 Å². The van der Waals surface area contributed by atoms with E-state index in [0.717, 1.165) is 0 Å². The summed E-state index contributed by atoms with van der Waals surface area (Å²) in [6.45, 7) is 1.34. The standard InChI is InChI=1S/C8H5F5IN/c1-3-6(14)5(8(11,12)13)4(2-15-3)7(9)10/h2,7H,1H3. The normalized spacial score (nSPS) is 12.3. The second-order valence-electron chi connectivity index (χ2n) is 2.79. The van der Waals surface area contributed by atoms with E-state index in [9.17, 15) is 22.0 Å². The van der Waals surface area contributed by atoms with E-state index in [4.69, 9.17) is 0 Å². The van der Waals surface area contributed by atoms with Crippen LogP contribution in [0.4, 0.5) is 22.0 Å². The van der Waals surface area contributed by atoms with Gasteiger partial charge in [0.25, 0.3) is 6.43 Å². The van der Waals surface area contributed by atoms with Crippen molar-refractivity contribution in [1.29, 1.82) is 0 Å². The maximum atomic E-state index is 12.5. The number of aryl methyl sites for hydroxylation is 1. The Morgan fingerprint density at radius 2 is 1.87 bits per heavy atom. The van der Waals surface area contributed by atoms with Crippen LogP contribution in [0.25, 0.3) is 0 Å². The summed E-state index contributed by atoms with van der Waals surface area (Å²) >= 11 is 1.37. The first-order valence-corrected chi connectivity index (χ1v) is 4.83. The van der Waals surface area contributed by atoms with E-state index in [1.54, 1.807) is 0 Å². The van der Waals surface area contributed by atoms with E-state index in [-0.39, 0.29) is 9.26 Å². The summed E-state index contributed by atoms with van der Waals surface area (Å²) in [5.74, 6) is 0. The topological polar surface area (TPSA) is 12.9 Å². The number of alkyl halides is 5. The van der Waals surface area contributed by atoms with Crippen LogP contribution >= 0.6 is 22.6 Å². The zero-order valence-electron chi connectivity index (χ0n) is 7.37. The second-order valence-corrected chi connectivity index (χ2v) is 3.87. The van der Waals surface area contributed by atoms with E-state index in [1.165, 1.54) is 29.5 Å². The summed E-state index contributed by atoms with van der Waals surface area (Å²) in [6.07, 6.45) is -7.38. The monoisotopic (exact) mass is 337 g/mol. The first kappa shape index (κ1) is 12.6. The fourth-order valence-electron chi connectivity index (χ4n) is 1.05. The molecule has 0 spiro atoms. The van der Waals surface area contributed by atoms with Crippen LogP contribution in [0.3, 0.4) is 0 Å². The van der Waals surface area contributed by atoms with Gasteiger partial charge in [0.05, 0.1) is 11.3 Å². The van der Waals surface area contributed by atoms with Crippen molar-refractivity contribution in [2.45, 2.75) is 19.5 Å². The summed E-state index contributed by atoms with van der Waals surface area (Å²) in [5, 5.41) is 0. The lowest BCUT2D eigenvalue weighted by molar-refractivity contribution is -0.140. The van der Waals surface area contributed by atoms with Crippen molar-refractivity contribution < 1.29 is 22.0 Å². The molecule has 0 unspecified atom stereocenters. The lowest BCUT2D eigenvalue weighted by atomic mass is 10.1. The molecule has 1 aromatic rings. The Morgan fingerprint density at radius 1 is 1.33 bits per heavy atom. The number of rotatable bonds is 1. The molecule has 7 heteroatoms. The average Bonchev–Trinajstić information content (AvgIpc) is 2.06. The van der Waals surface area contributed by atoms with Crippen LogP contribution in [0.2, 0.25) is 0 Å². The largest absolute Gasteiger partial charge is 0.418 e. The molecule has 0 saturated carbocycles. The van der Waals surface area contributed by atoms with Crippen molar-refractivity contribution in [1.82, 2.24) is 4.98 Å². The first-order chi connectivity index (χ1) is 6.75. The van der Waals surface area contributed by atoms with Gasteiger partial charge in [0.15, 0.2) is 0 Å². The number of aromatic nitrogens is 1. The molecule has 0 saturated heterocycles. The van der Waals surface area contributed by atoms with Crippen molar-refractivity contribution in [3.63, 3.8) is 0 Å².